The van der Waals surface area contributed by atoms with E-state index in [0.29, 0.717) is 13.0 Å². The molecule has 150 valence electrons. The fourth-order valence-corrected chi connectivity index (χ4v) is 3.76. The van der Waals surface area contributed by atoms with Crippen molar-refractivity contribution in [2.24, 2.45) is 4.99 Å². The number of nitrogens with one attached hydrogen (secondary N) is 3. The fraction of sp³-hybridized carbons (Fsp3) is 0.318. The molecule has 1 unspecified atom stereocenters. The highest BCUT2D eigenvalue weighted by molar-refractivity contribution is 5.94. The molecule has 0 saturated heterocycles. The van der Waals surface area contributed by atoms with Gasteiger partial charge in [-0.05, 0) is 30.2 Å². The van der Waals surface area contributed by atoms with Crippen LogP contribution in [0.5, 0.6) is 0 Å². The molecule has 1 amide bonds. The molecule has 0 aliphatic carbocycles. The summed E-state index contributed by atoms with van der Waals surface area (Å²) in [7, 11) is 1.76. The first kappa shape index (κ1) is 19.0. The first-order valence-corrected chi connectivity index (χ1v) is 9.90. The van der Waals surface area contributed by atoms with Crippen molar-refractivity contribution >= 4 is 23.2 Å². The molecule has 1 aliphatic heterocycles. The molecule has 3 aromatic rings. The maximum Gasteiger partial charge on any atom is 0.225 e. The van der Waals surface area contributed by atoms with Gasteiger partial charge in [0.15, 0.2) is 5.96 Å². The predicted molar refractivity (Wildman–Crippen MR) is 115 cm³/mol. The highest BCUT2D eigenvalue weighted by atomic mass is 16.1. The molecule has 3 heterocycles. The molecule has 0 bridgehead atoms. The number of imidazole rings is 1. The number of rotatable bonds is 5. The SMILES string of the molecule is CN=C(NCCc1cn2cccc(C)c2n1)NCC1CC(=O)Nc2ccccc21. The lowest BCUT2D eigenvalue weighted by Crippen LogP contribution is -2.41. The Morgan fingerprint density at radius 3 is 2.97 bits per heavy atom. The molecule has 3 N–H and O–H groups in total. The lowest BCUT2D eigenvalue weighted by Gasteiger charge is -2.26. The van der Waals surface area contributed by atoms with E-state index in [-0.39, 0.29) is 11.8 Å². The number of aromatic nitrogens is 2. The summed E-state index contributed by atoms with van der Waals surface area (Å²) in [6.07, 6.45) is 5.36. The second kappa shape index (κ2) is 8.34. The zero-order valence-electron chi connectivity index (χ0n) is 16.8. The number of guanidine groups is 1. The van der Waals surface area contributed by atoms with E-state index in [1.807, 2.05) is 30.5 Å². The van der Waals surface area contributed by atoms with Crippen LogP contribution in [0, 0.1) is 6.92 Å². The van der Waals surface area contributed by atoms with Crippen LogP contribution in [0.2, 0.25) is 0 Å². The first-order chi connectivity index (χ1) is 14.1. The average Bonchev–Trinajstić information content (AvgIpc) is 3.14. The lowest BCUT2D eigenvalue weighted by molar-refractivity contribution is -0.116. The van der Waals surface area contributed by atoms with E-state index in [2.05, 4.69) is 50.6 Å². The van der Waals surface area contributed by atoms with Crippen LogP contribution in [0.15, 0.2) is 53.8 Å². The van der Waals surface area contributed by atoms with Gasteiger partial charge >= 0.3 is 0 Å². The van der Waals surface area contributed by atoms with E-state index >= 15 is 0 Å². The van der Waals surface area contributed by atoms with Gasteiger partial charge in [0.1, 0.15) is 5.65 Å². The second-order valence-corrected chi connectivity index (χ2v) is 7.32. The van der Waals surface area contributed by atoms with Crippen molar-refractivity contribution in [2.75, 3.05) is 25.5 Å². The van der Waals surface area contributed by atoms with Crippen molar-refractivity contribution in [3.05, 3.63) is 65.6 Å². The number of aliphatic imine (C=N–C) groups is 1. The van der Waals surface area contributed by atoms with Gasteiger partial charge in [0.2, 0.25) is 5.91 Å². The van der Waals surface area contributed by atoms with Crippen molar-refractivity contribution in [1.82, 2.24) is 20.0 Å². The molecule has 7 nitrogen and oxygen atoms in total. The molecule has 7 heteroatoms. The van der Waals surface area contributed by atoms with Gasteiger partial charge in [-0.25, -0.2) is 4.98 Å². The number of benzene rings is 1. The van der Waals surface area contributed by atoms with Gasteiger partial charge in [-0.15, -0.1) is 0 Å². The van der Waals surface area contributed by atoms with Gasteiger partial charge in [0, 0.05) is 57.0 Å². The van der Waals surface area contributed by atoms with Crippen LogP contribution in [0.1, 0.15) is 29.2 Å². The molecular weight excluding hydrogens is 364 g/mol. The molecule has 0 fully saturated rings. The molecule has 0 saturated carbocycles. The molecule has 4 rings (SSSR count). The molecule has 1 aliphatic rings. The molecule has 0 spiro atoms. The van der Waals surface area contributed by atoms with Crippen molar-refractivity contribution in [3.63, 3.8) is 0 Å². The maximum absolute atomic E-state index is 12.0. The number of fused-ring (bicyclic) bond motifs is 2. The summed E-state index contributed by atoms with van der Waals surface area (Å²) < 4.78 is 2.06. The quantitative estimate of drug-likeness (QED) is 0.462. The van der Waals surface area contributed by atoms with Gasteiger partial charge in [0.05, 0.1) is 5.69 Å². The van der Waals surface area contributed by atoms with Crippen molar-refractivity contribution in [1.29, 1.82) is 0 Å². The van der Waals surface area contributed by atoms with E-state index < -0.39 is 0 Å². The Labute approximate surface area is 170 Å². The van der Waals surface area contributed by atoms with Gasteiger partial charge in [0.25, 0.3) is 0 Å². The monoisotopic (exact) mass is 390 g/mol. The van der Waals surface area contributed by atoms with E-state index in [0.717, 1.165) is 41.5 Å². The number of amides is 1. The number of aryl methyl sites for hydroxylation is 1. The summed E-state index contributed by atoms with van der Waals surface area (Å²) in [4.78, 5) is 21.0. The Bertz CT molecular complexity index is 1050. The van der Waals surface area contributed by atoms with Gasteiger partial charge in [-0.2, -0.15) is 0 Å². The molecular formula is C22H26N6O. The number of carbonyl (C=O) groups excluding carboxylic acids is 1. The Balaban J connectivity index is 1.32. The topological polar surface area (TPSA) is 82.8 Å². The number of hydrogen-bond acceptors (Lipinski definition) is 3. The second-order valence-electron chi connectivity index (χ2n) is 7.32. The van der Waals surface area contributed by atoms with E-state index in [9.17, 15) is 4.79 Å². The van der Waals surface area contributed by atoms with Crippen LogP contribution in [-0.2, 0) is 11.2 Å². The molecule has 2 aromatic heterocycles. The standard InChI is InChI=1S/C22H26N6O/c1-15-6-5-11-28-14-17(26-21(15)28)9-10-24-22(23-2)25-13-16-12-20(29)27-19-8-4-3-7-18(16)19/h3-8,11,14,16H,9-10,12-13H2,1-2H3,(H,27,29)(H2,23,24,25). The number of nitrogens with zero attached hydrogens (tertiary/aromatic N) is 3. The maximum atomic E-state index is 12.0. The molecule has 1 atom stereocenters. The van der Waals surface area contributed by atoms with Crippen molar-refractivity contribution in [2.45, 2.75) is 25.7 Å². The highest BCUT2D eigenvalue weighted by Crippen LogP contribution is 2.31. The fourth-order valence-electron chi connectivity index (χ4n) is 3.76. The number of pyridine rings is 1. The summed E-state index contributed by atoms with van der Waals surface area (Å²) in [5.41, 5.74) is 5.27. The van der Waals surface area contributed by atoms with Gasteiger partial charge in [-0.1, -0.05) is 24.3 Å². The summed E-state index contributed by atoms with van der Waals surface area (Å²) >= 11 is 0. The van der Waals surface area contributed by atoms with Crippen LogP contribution in [0.3, 0.4) is 0 Å². The minimum absolute atomic E-state index is 0.0561. The third-order valence-electron chi connectivity index (χ3n) is 5.25. The Hall–Kier alpha value is -3.35. The van der Waals surface area contributed by atoms with Crippen molar-refractivity contribution < 1.29 is 4.79 Å². The van der Waals surface area contributed by atoms with E-state index in [1.54, 1.807) is 7.05 Å². The Morgan fingerprint density at radius 1 is 1.28 bits per heavy atom. The summed E-state index contributed by atoms with van der Waals surface area (Å²) in [6.45, 7) is 3.45. The highest BCUT2D eigenvalue weighted by Gasteiger charge is 2.24. The predicted octanol–water partition coefficient (Wildman–Crippen LogP) is 2.48. The third-order valence-corrected chi connectivity index (χ3v) is 5.25. The van der Waals surface area contributed by atoms with Crippen LogP contribution in [-0.4, -0.2) is 41.4 Å². The Morgan fingerprint density at radius 2 is 2.14 bits per heavy atom. The largest absolute Gasteiger partial charge is 0.356 e. The average molecular weight is 390 g/mol. The lowest BCUT2D eigenvalue weighted by atomic mass is 9.90. The third kappa shape index (κ3) is 4.23. The summed E-state index contributed by atoms with van der Waals surface area (Å²) in [5, 5.41) is 9.63. The summed E-state index contributed by atoms with van der Waals surface area (Å²) in [5.74, 6) is 0.911. The van der Waals surface area contributed by atoms with Crippen molar-refractivity contribution in [3.8, 4) is 0 Å². The number of hydrogen-bond donors (Lipinski definition) is 3. The minimum Gasteiger partial charge on any atom is -0.356 e. The number of para-hydroxylation sites is 1. The summed E-state index contributed by atoms with van der Waals surface area (Å²) in [6, 6.07) is 12.1. The molecule has 1 aromatic carbocycles. The van der Waals surface area contributed by atoms with Crippen LogP contribution < -0.4 is 16.0 Å². The van der Waals surface area contributed by atoms with Crippen LogP contribution in [0.4, 0.5) is 5.69 Å². The van der Waals surface area contributed by atoms with Gasteiger partial charge < -0.3 is 20.4 Å². The molecule has 29 heavy (non-hydrogen) atoms. The normalized spacial score (nSPS) is 16.4. The van der Waals surface area contributed by atoms with E-state index in [4.69, 9.17) is 4.98 Å². The van der Waals surface area contributed by atoms with Crippen LogP contribution in [0.25, 0.3) is 5.65 Å². The first-order valence-electron chi connectivity index (χ1n) is 9.90. The number of carbonyl (C=O) groups is 1. The smallest absolute Gasteiger partial charge is 0.225 e. The zero-order valence-corrected chi connectivity index (χ0v) is 16.8. The van der Waals surface area contributed by atoms with Crippen LogP contribution >= 0.6 is 0 Å². The zero-order chi connectivity index (χ0) is 20.2. The minimum atomic E-state index is 0.0561. The Kier molecular flexibility index (Phi) is 5.46. The van der Waals surface area contributed by atoms with E-state index in [1.165, 1.54) is 5.56 Å². The number of anilines is 1. The molecule has 0 radical (unpaired) electrons. The van der Waals surface area contributed by atoms with Gasteiger partial charge in [-0.3, -0.25) is 9.79 Å².